The van der Waals surface area contributed by atoms with Crippen LogP contribution >= 0.6 is 24.3 Å². The maximum absolute atomic E-state index is 11.4. The van der Waals surface area contributed by atoms with Crippen molar-refractivity contribution in [3.8, 4) is 0 Å². The summed E-state index contributed by atoms with van der Waals surface area (Å²) in [6.45, 7) is -0.176. The molecule has 1 aliphatic heterocycles. The number of hydrogen-bond donors (Lipinski definition) is 2. The van der Waals surface area contributed by atoms with Crippen molar-refractivity contribution in [3.05, 3.63) is 0 Å². The van der Waals surface area contributed by atoms with E-state index in [0.29, 0.717) is 0 Å². The predicted molar refractivity (Wildman–Crippen MR) is 46.8 cm³/mol. The van der Waals surface area contributed by atoms with Gasteiger partial charge in [0.25, 0.3) is 0 Å². The van der Waals surface area contributed by atoms with Crippen molar-refractivity contribution in [2.45, 2.75) is 12.6 Å². The molecule has 1 heterocycles. The summed E-state index contributed by atoms with van der Waals surface area (Å²) >= 11 is 0. The molecule has 15 heavy (non-hydrogen) atoms. The van der Waals surface area contributed by atoms with E-state index in [1.165, 1.54) is 0 Å². The third kappa shape index (κ3) is 4.70. The fraction of sp³-hybridized carbons (Fsp3) is 1.00. The first-order chi connectivity index (χ1) is 6.91. The Kier molecular flexibility index (Phi) is 4.86. The molecule has 1 aliphatic rings. The second-order valence-corrected chi connectivity index (χ2v) is 5.93. The molecule has 1 rings (SSSR count). The van der Waals surface area contributed by atoms with Gasteiger partial charge < -0.3 is 5.73 Å². The van der Waals surface area contributed by atoms with Crippen molar-refractivity contribution in [2.75, 3.05) is 6.61 Å². The summed E-state index contributed by atoms with van der Waals surface area (Å²) in [5.74, 6) is 0. The van der Waals surface area contributed by atoms with Gasteiger partial charge in [-0.05, 0) is 0 Å². The van der Waals surface area contributed by atoms with Crippen molar-refractivity contribution in [3.63, 3.8) is 0 Å². The molecule has 9 nitrogen and oxygen atoms in total. The Hall–Kier alpha value is 0.190. The fourth-order valence-electron chi connectivity index (χ4n) is 0.692. The third-order valence-electron chi connectivity index (χ3n) is 1.21. The summed E-state index contributed by atoms with van der Waals surface area (Å²) in [5.41, 5.74) is 5.28. The third-order valence-corrected chi connectivity index (χ3v) is 4.84. The second-order valence-electron chi connectivity index (χ2n) is 2.34. The van der Waals surface area contributed by atoms with E-state index in [1.54, 1.807) is 0 Å². The molecule has 0 aliphatic carbocycles. The number of phosphoric acid groups is 1. The van der Waals surface area contributed by atoms with Crippen molar-refractivity contribution in [1.29, 1.82) is 0 Å². The summed E-state index contributed by atoms with van der Waals surface area (Å²) < 4.78 is 49.9. The van der Waals surface area contributed by atoms with Gasteiger partial charge in [0.1, 0.15) is 0 Å². The average Bonchev–Trinajstić information content (AvgIpc) is 1.98. The van der Waals surface area contributed by atoms with Crippen LogP contribution in [-0.2, 0) is 31.4 Å². The molecular formula is C3H8NO8P3+2. The molecule has 4 unspecified atom stereocenters. The summed E-state index contributed by atoms with van der Waals surface area (Å²) in [6.07, 6.45) is -0.787. The van der Waals surface area contributed by atoms with Crippen LogP contribution in [-0.4, -0.2) is 17.7 Å². The minimum Gasteiger partial charge on any atom is -0.302 e. The highest BCUT2D eigenvalue weighted by Crippen LogP contribution is 2.62. The average molecular weight is 279 g/mol. The monoisotopic (exact) mass is 279 g/mol. The van der Waals surface area contributed by atoms with Gasteiger partial charge in [0.15, 0.2) is 6.23 Å². The largest absolute Gasteiger partial charge is 0.710 e. The molecule has 12 heteroatoms. The Bertz CT molecular complexity index is 318. The van der Waals surface area contributed by atoms with E-state index in [-0.39, 0.29) is 13.0 Å². The molecule has 0 amide bonds. The molecule has 0 radical (unpaired) electrons. The van der Waals surface area contributed by atoms with E-state index in [4.69, 9.17) is 10.6 Å². The molecule has 3 N–H and O–H groups in total. The zero-order valence-electron chi connectivity index (χ0n) is 7.22. The van der Waals surface area contributed by atoms with Crippen LogP contribution in [0.25, 0.3) is 0 Å². The van der Waals surface area contributed by atoms with Crippen LogP contribution in [0.15, 0.2) is 0 Å². The molecule has 0 aromatic carbocycles. The van der Waals surface area contributed by atoms with Gasteiger partial charge in [-0.2, -0.15) is 0 Å². The number of rotatable bonds is 2. The Morgan fingerprint density at radius 1 is 1.67 bits per heavy atom. The SMILES string of the molecule is NC1CCOP(=O)(O[P+](=O)O)O[P+](=O)O1. The minimum absolute atomic E-state index is 0.0972. The lowest BCUT2D eigenvalue weighted by Crippen LogP contribution is -2.24. The van der Waals surface area contributed by atoms with Gasteiger partial charge >= 0.3 is 24.3 Å². The van der Waals surface area contributed by atoms with Crippen LogP contribution in [0.4, 0.5) is 0 Å². The lowest BCUT2D eigenvalue weighted by molar-refractivity contribution is 0.115. The van der Waals surface area contributed by atoms with E-state index < -0.39 is 30.6 Å². The highest BCUT2D eigenvalue weighted by atomic mass is 31.3. The fourth-order valence-corrected chi connectivity index (χ4v) is 3.60. The van der Waals surface area contributed by atoms with Gasteiger partial charge in [-0.15, -0.1) is 4.89 Å². The Labute approximate surface area is 86.4 Å². The van der Waals surface area contributed by atoms with E-state index in [1.807, 2.05) is 0 Å². The summed E-state index contributed by atoms with van der Waals surface area (Å²) in [4.78, 5) is 8.36. The quantitative estimate of drug-likeness (QED) is 0.713. The van der Waals surface area contributed by atoms with Crippen LogP contribution in [0.5, 0.6) is 0 Å². The normalized spacial score (nSPS) is 36.8. The van der Waals surface area contributed by atoms with Crippen molar-refractivity contribution in [1.82, 2.24) is 0 Å². The first-order valence-electron chi connectivity index (χ1n) is 3.61. The molecule has 1 fully saturated rings. The molecule has 0 saturated carbocycles. The molecule has 4 atom stereocenters. The van der Waals surface area contributed by atoms with Crippen molar-refractivity contribution >= 4 is 24.3 Å². The van der Waals surface area contributed by atoms with Gasteiger partial charge in [0.05, 0.1) is 6.61 Å². The van der Waals surface area contributed by atoms with Gasteiger partial charge in [0.2, 0.25) is 0 Å². The predicted octanol–water partition coefficient (Wildman–Crippen LogP) is 1.16. The zero-order chi connectivity index (χ0) is 11.5. The van der Waals surface area contributed by atoms with Crippen LogP contribution in [0.2, 0.25) is 0 Å². The molecule has 0 bridgehead atoms. The zero-order valence-corrected chi connectivity index (χ0v) is 9.90. The first kappa shape index (κ1) is 13.3. The molecular weight excluding hydrogens is 271 g/mol. The Balaban J connectivity index is 2.69. The summed E-state index contributed by atoms with van der Waals surface area (Å²) in [6, 6.07) is 0. The lowest BCUT2D eigenvalue weighted by Gasteiger charge is -2.10. The maximum Gasteiger partial charge on any atom is 0.710 e. The standard InChI is InChI=1S/C3H7NO8P3/c4-3-1-2-9-15(8,11-13(5)6)12-14(7)10-3/h3H,1-2,4H2/q+1/p+1. The molecule has 0 aromatic heterocycles. The van der Waals surface area contributed by atoms with Crippen LogP contribution in [0, 0.1) is 0 Å². The Morgan fingerprint density at radius 2 is 2.33 bits per heavy atom. The van der Waals surface area contributed by atoms with Crippen LogP contribution in [0.1, 0.15) is 6.42 Å². The Morgan fingerprint density at radius 3 is 2.93 bits per heavy atom. The first-order valence-corrected chi connectivity index (χ1v) is 7.30. The number of nitrogens with two attached hydrogens (primary N) is 1. The highest BCUT2D eigenvalue weighted by Gasteiger charge is 2.50. The van der Waals surface area contributed by atoms with E-state index in [0.717, 1.165) is 0 Å². The molecule has 0 aromatic rings. The van der Waals surface area contributed by atoms with Crippen molar-refractivity contribution in [2.24, 2.45) is 5.73 Å². The second kappa shape index (κ2) is 5.50. The van der Waals surface area contributed by atoms with Gasteiger partial charge in [0, 0.05) is 24.2 Å². The number of hydrogen-bond acceptors (Lipinski definition) is 8. The smallest absolute Gasteiger partial charge is 0.302 e. The van der Waals surface area contributed by atoms with Gasteiger partial charge in [-0.3, -0.25) is 4.52 Å². The molecule has 1 saturated heterocycles. The highest BCUT2D eigenvalue weighted by molar-refractivity contribution is 7.61. The van der Waals surface area contributed by atoms with Gasteiger partial charge in [-0.25, -0.2) is 4.57 Å². The van der Waals surface area contributed by atoms with Crippen LogP contribution < -0.4 is 5.73 Å². The van der Waals surface area contributed by atoms with E-state index in [2.05, 4.69) is 17.7 Å². The van der Waals surface area contributed by atoms with E-state index >= 15 is 0 Å². The lowest BCUT2D eigenvalue weighted by atomic mass is 10.4. The van der Waals surface area contributed by atoms with Gasteiger partial charge in [-0.1, -0.05) is 4.52 Å². The molecule has 0 spiro atoms. The summed E-state index contributed by atoms with van der Waals surface area (Å²) in [7, 11) is -10.3. The minimum atomic E-state index is -4.32. The topological polar surface area (TPSA) is 134 Å². The summed E-state index contributed by atoms with van der Waals surface area (Å²) in [5, 5.41) is 0. The van der Waals surface area contributed by atoms with Crippen molar-refractivity contribution < 1.29 is 36.3 Å². The maximum atomic E-state index is 11.4. The van der Waals surface area contributed by atoms with Crippen LogP contribution in [0.3, 0.4) is 0 Å². The molecule has 86 valence electrons. The van der Waals surface area contributed by atoms with E-state index in [9.17, 15) is 13.7 Å².